The molecule has 3 aromatic rings. The van der Waals surface area contributed by atoms with Gasteiger partial charge in [-0.2, -0.15) is 5.26 Å². The Labute approximate surface area is 112 Å². The van der Waals surface area contributed by atoms with Gasteiger partial charge in [-0.15, -0.1) is 10.2 Å². The maximum absolute atomic E-state index is 12.4. The molecular weight excluding hydrogens is 262 g/mol. The number of aryl methyl sites for hydroxylation is 1. The summed E-state index contributed by atoms with van der Waals surface area (Å²) in [6, 6.07) is 9.35. The smallest absolute Gasteiger partial charge is 0.278 e. The summed E-state index contributed by atoms with van der Waals surface area (Å²) in [5, 5.41) is 18.1. The van der Waals surface area contributed by atoms with Crippen LogP contribution in [0.3, 0.4) is 0 Å². The van der Waals surface area contributed by atoms with E-state index < -0.39 is 0 Å². The summed E-state index contributed by atoms with van der Waals surface area (Å²) in [7, 11) is 0. The van der Waals surface area contributed by atoms with Crippen molar-refractivity contribution in [1.29, 1.82) is 5.26 Å². The van der Waals surface area contributed by atoms with E-state index in [0.717, 1.165) is 16.0 Å². The van der Waals surface area contributed by atoms with Crippen LogP contribution < -0.4 is 5.69 Å². The maximum atomic E-state index is 12.4. The lowest BCUT2D eigenvalue weighted by molar-refractivity contribution is 0.782. The molecule has 0 saturated carbocycles. The van der Waals surface area contributed by atoms with Crippen LogP contribution in [0, 0.1) is 18.3 Å². The molecule has 1 aromatic carbocycles. The van der Waals surface area contributed by atoms with Crippen LogP contribution in [0.1, 0.15) is 5.01 Å². The first-order valence-corrected chi connectivity index (χ1v) is 6.41. The highest BCUT2D eigenvalue weighted by Crippen LogP contribution is 2.19. The van der Waals surface area contributed by atoms with Gasteiger partial charge in [-0.05, 0) is 19.1 Å². The van der Waals surface area contributed by atoms with Crippen LogP contribution in [-0.4, -0.2) is 19.3 Å². The number of para-hydroxylation sites is 2. The van der Waals surface area contributed by atoms with Gasteiger partial charge in [0.15, 0.2) is 0 Å². The van der Waals surface area contributed by atoms with Gasteiger partial charge in [0, 0.05) is 0 Å². The van der Waals surface area contributed by atoms with Crippen molar-refractivity contribution in [2.45, 2.75) is 13.5 Å². The molecule has 0 aliphatic carbocycles. The molecule has 2 aromatic heterocycles. The minimum Gasteiger partial charge on any atom is -0.278 e. The van der Waals surface area contributed by atoms with E-state index in [2.05, 4.69) is 10.2 Å². The molecule has 2 heterocycles. The van der Waals surface area contributed by atoms with E-state index in [1.54, 1.807) is 0 Å². The highest BCUT2D eigenvalue weighted by atomic mass is 32.1. The second-order valence-corrected chi connectivity index (χ2v) is 5.11. The topological polar surface area (TPSA) is 76.5 Å². The van der Waals surface area contributed by atoms with Crippen LogP contribution in [0.4, 0.5) is 0 Å². The number of hydrogen-bond donors (Lipinski definition) is 0. The van der Waals surface area contributed by atoms with Crippen LogP contribution in [0.15, 0.2) is 29.1 Å². The van der Waals surface area contributed by atoms with Crippen LogP contribution in [0.2, 0.25) is 0 Å². The summed E-state index contributed by atoms with van der Waals surface area (Å²) in [6.45, 7) is 1.85. The third-order valence-electron chi connectivity index (χ3n) is 2.77. The molecule has 0 fully saturated rings. The Morgan fingerprint density at radius 2 is 2.05 bits per heavy atom. The Bertz CT molecular complexity index is 851. The Morgan fingerprint density at radius 3 is 2.68 bits per heavy atom. The van der Waals surface area contributed by atoms with Crippen molar-refractivity contribution in [3.8, 4) is 11.2 Å². The first-order valence-electron chi connectivity index (χ1n) is 5.60. The van der Waals surface area contributed by atoms with Gasteiger partial charge < -0.3 is 0 Å². The minimum atomic E-state index is -0.265. The number of hydrogen-bond acceptors (Lipinski definition) is 5. The summed E-state index contributed by atoms with van der Waals surface area (Å²) in [5.41, 5.74) is 1.19. The molecule has 0 unspecified atom stereocenters. The summed E-state index contributed by atoms with van der Waals surface area (Å²) >= 11 is 1.35. The average molecular weight is 271 g/mol. The summed E-state index contributed by atoms with van der Waals surface area (Å²) in [4.78, 5) is 12.4. The van der Waals surface area contributed by atoms with Crippen molar-refractivity contribution in [3.63, 3.8) is 0 Å². The molecule has 0 N–H and O–H groups in total. The largest absolute Gasteiger partial charge is 0.336 e. The highest BCUT2D eigenvalue weighted by molar-refractivity contribution is 7.13. The van der Waals surface area contributed by atoms with Gasteiger partial charge in [-0.3, -0.25) is 4.57 Å². The number of rotatable bonds is 2. The summed E-state index contributed by atoms with van der Waals surface area (Å²) in [6.07, 6.45) is 0. The molecular formula is C12H9N5OS. The summed E-state index contributed by atoms with van der Waals surface area (Å²) < 4.78 is 2.93. The lowest BCUT2D eigenvalue weighted by Gasteiger charge is -1.95. The molecule has 94 valence electrons. The molecule has 0 amide bonds. The second-order valence-electron chi connectivity index (χ2n) is 3.95. The fourth-order valence-corrected chi connectivity index (χ4v) is 2.69. The lowest BCUT2D eigenvalue weighted by atomic mass is 10.3. The molecule has 6 nitrogen and oxygen atoms in total. The molecule has 7 heteroatoms. The van der Waals surface area contributed by atoms with Crippen molar-refractivity contribution in [2.75, 3.05) is 0 Å². The van der Waals surface area contributed by atoms with Gasteiger partial charge in [0.1, 0.15) is 11.6 Å². The van der Waals surface area contributed by atoms with Gasteiger partial charge in [-0.25, -0.2) is 9.36 Å². The normalized spacial score (nSPS) is 10.7. The molecule has 0 spiro atoms. The van der Waals surface area contributed by atoms with Gasteiger partial charge >= 0.3 is 5.69 Å². The molecule has 19 heavy (non-hydrogen) atoms. The van der Waals surface area contributed by atoms with E-state index in [0.29, 0.717) is 5.13 Å². The van der Waals surface area contributed by atoms with Crippen LogP contribution in [-0.2, 0) is 6.54 Å². The van der Waals surface area contributed by atoms with E-state index in [1.165, 1.54) is 20.5 Å². The molecule has 0 atom stereocenters. The highest BCUT2D eigenvalue weighted by Gasteiger charge is 2.16. The zero-order valence-electron chi connectivity index (χ0n) is 10.1. The van der Waals surface area contributed by atoms with Gasteiger partial charge in [0.25, 0.3) is 0 Å². The monoisotopic (exact) mass is 271 g/mol. The number of nitrogens with zero attached hydrogens (tertiary/aromatic N) is 5. The van der Waals surface area contributed by atoms with Gasteiger partial charge in [-0.1, -0.05) is 23.5 Å². The van der Waals surface area contributed by atoms with E-state index in [9.17, 15) is 4.79 Å². The van der Waals surface area contributed by atoms with E-state index in [4.69, 9.17) is 5.26 Å². The number of imidazole rings is 1. The number of fused-ring (bicyclic) bond motifs is 1. The van der Waals surface area contributed by atoms with Gasteiger partial charge in [0.2, 0.25) is 5.13 Å². The third-order valence-corrected chi connectivity index (χ3v) is 3.59. The fourth-order valence-electron chi connectivity index (χ4n) is 1.99. The maximum Gasteiger partial charge on any atom is 0.336 e. The van der Waals surface area contributed by atoms with E-state index in [1.807, 2.05) is 37.3 Å². The zero-order valence-corrected chi connectivity index (χ0v) is 10.9. The van der Waals surface area contributed by atoms with Crippen molar-refractivity contribution >= 4 is 22.4 Å². The predicted molar refractivity (Wildman–Crippen MR) is 71.4 cm³/mol. The number of aromatic nitrogens is 4. The van der Waals surface area contributed by atoms with Crippen molar-refractivity contribution in [1.82, 2.24) is 19.3 Å². The first kappa shape index (κ1) is 11.6. The fraction of sp³-hybridized carbons (Fsp3) is 0.167. The van der Waals surface area contributed by atoms with Crippen molar-refractivity contribution in [2.24, 2.45) is 0 Å². The minimum absolute atomic E-state index is 0.0180. The predicted octanol–water partition coefficient (Wildman–Crippen LogP) is 1.48. The molecule has 3 rings (SSSR count). The van der Waals surface area contributed by atoms with Gasteiger partial charge in [0.05, 0.1) is 17.1 Å². The van der Waals surface area contributed by atoms with E-state index >= 15 is 0 Å². The van der Waals surface area contributed by atoms with Crippen LogP contribution in [0.5, 0.6) is 0 Å². The third kappa shape index (κ3) is 1.73. The average Bonchev–Trinajstić information content (AvgIpc) is 2.93. The molecule has 0 bridgehead atoms. The Hall–Kier alpha value is -2.46. The van der Waals surface area contributed by atoms with E-state index in [-0.39, 0.29) is 12.2 Å². The number of nitriles is 1. The zero-order chi connectivity index (χ0) is 13.4. The Balaban J connectivity index is 2.40. The SMILES string of the molecule is Cc1nnc(-n2c(=O)n(CC#N)c3ccccc32)s1. The van der Waals surface area contributed by atoms with Crippen LogP contribution in [0.25, 0.3) is 16.2 Å². The molecule has 0 aliphatic heterocycles. The molecule has 0 aliphatic rings. The standard InChI is InChI=1S/C12H9N5OS/c1-8-14-15-11(19-8)17-10-5-3-2-4-9(10)16(7-6-13)12(17)18/h2-5H,7H2,1H3. The first-order chi connectivity index (χ1) is 9.22. The van der Waals surface area contributed by atoms with Crippen molar-refractivity contribution in [3.05, 3.63) is 39.8 Å². The Morgan fingerprint density at radius 1 is 1.32 bits per heavy atom. The Kier molecular flexibility index (Phi) is 2.65. The van der Waals surface area contributed by atoms with Crippen molar-refractivity contribution < 1.29 is 0 Å². The summed E-state index contributed by atoms with van der Waals surface area (Å²) in [5.74, 6) is 0. The molecule has 0 radical (unpaired) electrons. The lowest BCUT2D eigenvalue weighted by Crippen LogP contribution is -2.22. The quantitative estimate of drug-likeness (QED) is 0.707. The second kappa shape index (κ2) is 4.33. The molecule has 0 saturated heterocycles. The number of benzene rings is 1. The van der Waals surface area contributed by atoms with Crippen LogP contribution >= 0.6 is 11.3 Å².